The number of unbranched alkanes of at least 4 members (excludes halogenated alkanes) is 1. The fourth-order valence-electron chi connectivity index (χ4n) is 2.75. The zero-order chi connectivity index (χ0) is 17.4. The molecule has 0 aromatic heterocycles. The Morgan fingerprint density at radius 3 is 2.42 bits per heavy atom. The minimum atomic E-state index is -3.36. The number of rotatable bonds is 9. The van der Waals surface area contributed by atoms with Crippen molar-refractivity contribution in [2.24, 2.45) is 5.73 Å². The summed E-state index contributed by atoms with van der Waals surface area (Å²) in [6, 6.07) is 6.87. The van der Waals surface area contributed by atoms with E-state index in [4.69, 9.17) is 5.73 Å². The average Bonchev–Trinajstić information content (AvgIpc) is 3.13. The van der Waals surface area contributed by atoms with Crippen LogP contribution in [0.3, 0.4) is 0 Å². The van der Waals surface area contributed by atoms with Gasteiger partial charge in [-0.25, -0.2) is 8.42 Å². The van der Waals surface area contributed by atoms with Gasteiger partial charge < -0.3 is 11.1 Å². The minimum absolute atomic E-state index is 0.0146. The Bertz CT molecular complexity index is 623. The molecule has 2 rings (SSSR count). The molecular weight excluding hydrogens is 326 g/mol. The van der Waals surface area contributed by atoms with E-state index in [9.17, 15) is 13.2 Å². The van der Waals surface area contributed by atoms with Crippen LogP contribution in [0.1, 0.15) is 37.7 Å². The van der Waals surface area contributed by atoms with E-state index in [1.54, 1.807) is 24.3 Å². The third-order valence-corrected chi connectivity index (χ3v) is 6.13. The number of nitrogens with one attached hydrogen (secondary N) is 1. The molecule has 0 radical (unpaired) electrons. The van der Waals surface area contributed by atoms with Gasteiger partial charge in [0.25, 0.3) is 0 Å². The molecule has 1 aliphatic rings. The van der Waals surface area contributed by atoms with Crippen molar-refractivity contribution in [3.63, 3.8) is 0 Å². The third kappa shape index (κ3) is 5.29. The lowest BCUT2D eigenvalue weighted by Crippen LogP contribution is -2.27. The summed E-state index contributed by atoms with van der Waals surface area (Å²) < 4.78 is 26.4. The third-order valence-electron chi connectivity index (χ3n) is 4.22. The maximum Gasteiger partial charge on any atom is 0.243 e. The van der Waals surface area contributed by atoms with Crippen LogP contribution in [0.5, 0.6) is 0 Å². The molecular formula is C17H27N3O3S. The second kappa shape index (κ2) is 9.15. The largest absolute Gasteiger partial charge is 0.356 e. The van der Waals surface area contributed by atoms with Gasteiger partial charge in [-0.05, 0) is 56.3 Å². The molecule has 24 heavy (non-hydrogen) atoms. The molecule has 0 unspecified atom stereocenters. The van der Waals surface area contributed by atoms with Gasteiger partial charge in [0.2, 0.25) is 15.9 Å². The van der Waals surface area contributed by atoms with E-state index >= 15 is 0 Å². The molecule has 7 heteroatoms. The molecule has 0 aliphatic carbocycles. The monoisotopic (exact) mass is 353 g/mol. The molecule has 134 valence electrons. The van der Waals surface area contributed by atoms with Gasteiger partial charge >= 0.3 is 0 Å². The summed E-state index contributed by atoms with van der Waals surface area (Å²) in [7, 11) is -3.36. The lowest BCUT2D eigenvalue weighted by atomic mass is 10.1. The highest BCUT2D eigenvalue weighted by Crippen LogP contribution is 2.21. The highest BCUT2D eigenvalue weighted by atomic mass is 32.2. The zero-order valence-electron chi connectivity index (χ0n) is 14.0. The van der Waals surface area contributed by atoms with Crippen LogP contribution in [0.25, 0.3) is 0 Å². The van der Waals surface area contributed by atoms with Gasteiger partial charge in [-0.3, -0.25) is 4.79 Å². The summed E-state index contributed by atoms with van der Waals surface area (Å²) in [5.74, 6) is 0.0146. The average molecular weight is 353 g/mol. The van der Waals surface area contributed by atoms with Crippen LogP contribution in [-0.4, -0.2) is 44.8 Å². The van der Waals surface area contributed by atoms with Crippen LogP contribution in [0.15, 0.2) is 29.2 Å². The molecule has 1 aliphatic heterocycles. The maximum absolute atomic E-state index is 12.4. The van der Waals surface area contributed by atoms with Crippen molar-refractivity contribution in [3.8, 4) is 0 Å². The first-order valence-electron chi connectivity index (χ1n) is 8.60. The van der Waals surface area contributed by atoms with Gasteiger partial charge in [0.05, 0.1) is 4.90 Å². The summed E-state index contributed by atoms with van der Waals surface area (Å²) in [6.07, 6.45) is 4.67. The van der Waals surface area contributed by atoms with E-state index in [1.807, 2.05) is 0 Å². The van der Waals surface area contributed by atoms with Gasteiger partial charge in [0.1, 0.15) is 0 Å². The van der Waals surface area contributed by atoms with Gasteiger partial charge in [0, 0.05) is 26.1 Å². The minimum Gasteiger partial charge on any atom is -0.356 e. The number of nitrogens with zero attached hydrogens (tertiary/aromatic N) is 1. The number of carbonyl (C=O) groups is 1. The molecule has 0 spiro atoms. The van der Waals surface area contributed by atoms with Crippen molar-refractivity contribution < 1.29 is 13.2 Å². The normalized spacial score (nSPS) is 15.5. The van der Waals surface area contributed by atoms with E-state index in [0.717, 1.165) is 31.2 Å². The Morgan fingerprint density at radius 1 is 1.12 bits per heavy atom. The Hall–Kier alpha value is -1.44. The number of aryl methyl sites for hydroxylation is 1. The van der Waals surface area contributed by atoms with Crippen LogP contribution < -0.4 is 11.1 Å². The predicted molar refractivity (Wildman–Crippen MR) is 94.1 cm³/mol. The number of nitrogens with two attached hydrogens (primary N) is 1. The van der Waals surface area contributed by atoms with Crippen LogP contribution >= 0.6 is 0 Å². The molecule has 1 aromatic rings. The molecule has 0 bridgehead atoms. The Balaban J connectivity index is 1.82. The molecule has 0 saturated carbocycles. The van der Waals surface area contributed by atoms with E-state index in [-0.39, 0.29) is 5.91 Å². The summed E-state index contributed by atoms with van der Waals surface area (Å²) >= 11 is 0. The zero-order valence-corrected chi connectivity index (χ0v) is 14.9. The molecule has 1 aromatic carbocycles. The van der Waals surface area contributed by atoms with Crippen molar-refractivity contribution in [2.45, 2.75) is 43.4 Å². The van der Waals surface area contributed by atoms with Crippen molar-refractivity contribution in [3.05, 3.63) is 29.8 Å². The summed E-state index contributed by atoms with van der Waals surface area (Å²) in [6.45, 7) is 2.51. The summed E-state index contributed by atoms with van der Waals surface area (Å²) in [4.78, 5) is 12.1. The van der Waals surface area contributed by atoms with Gasteiger partial charge in [-0.15, -0.1) is 0 Å². The van der Waals surface area contributed by atoms with Crippen molar-refractivity contribution >= 4 is 15.9 Å². The first kappa shape index (κ1) is 18.9. The molecule has 1 saturated heterocycles. The second-order valence-corrected chi connectivity index (χ2v) is 8.04. The quantitative estimate of drug-likeness (QED) is 0.654. The summed E-state index contributed by atoms with van der Waals surface area (Å²) in [5, 5.41) is 2.86. The number of sulfonamides is 1. The molecule has 3 N–H and O–H groups in total. The Morgan fingerprint density at radius 2 is 1.79 bits per heavy atom. The molecule has 0 atom stereocenters. The fraction of sp³-hybridized carbons (Fsp3) is 0.588. The highest BCUT2D eigenvalue weighted by molar-refractivity contribution is 7.89. The van der Waals surface area contributed by atoms with Crippen LogP contribution in [0.2, 0.25) is 0 Å². The highest BCUT2D eigenvalue weighted by Gasteiger charge is 2.26. The van der Waals surface area contributed by atoms with Crippen LogP contribution in [0, 0.1) is 0 Å². The Labute approximate surface area is 144 Å². The summed E-state index contributed by atoms with van der Waals surface area (Å²) in [5.41, 5.74) is 6.37. The van der Waals surface area contributed by atoms with E-state index < -0.39 is 10.0 Å². The number of carbonyl (C=O) groups excluding carboxylic acids is 1. The van der Waals surface area contributed by atoms with E-state index in [1.165, 1.54) is 4.31 Å². The number of hydrogen-bond donors (Lipinski definition) is 2. The first-order chi connectivity index (χ1) is 11.5. The van der Waals surface area contributed by atoms with Crippen LogP contribution in [0.4, 0.5) is 0 Å². The molecule has 6 nitrogen and oxygen atoms in total. The SMILES string of the molecule is NCCCCNC(=O)CCc1ccc(S(=O)(=O)N2CCCC2)cc1. The Kier molecular flexibility index (Phi) is 7.20. The second-order valence-electron chi connectivity index (χ2n) is 6.10. The number of hydrogen-bond acceptors (Lipinski definition) is 4. The molecule has 1 fully saturated rings. The fourth-order valence-corrected chi connectivity index (χ4v) is 4.27. The van der Waals surface area contributed by atoms with Gasteiger partial charge in [-0.1, -0.05) is 12.1 Å². The van der Waals surface area contributed by atoms with E-state index in [2.05, 4.69) is 5.32 Å². The molecule has 1 heterocycles. The topological polar surface area (TPSA) is 92.5 Å². The number of amides is 1. The van der Waals surface area contributed by atoms with E-state index in [0.29, 0.717) is 43.9 Å². The number of benzene rings is 1. The lowest BCUT2D eigenvalue weighted by molar-refractivity contribution is -0.121. The lowest BCUT2D eigenvalue weighted by Gasteiger charge is -2.15. The van der Waals surface area contributed by atoms with Crippen molar-refractivity contribution in [2.75, 3.05) is 26.2 Å². The standard InChI is InChI=1S/C17H27N3O3S/c18-11-1-2-12-19-17(21)10-7-15-5-8-16(9-6-15)24(22,23)20-13-3-4-14-20/h5-6,8-9H,1-4,7,10-14,18H2,(H,19,21). The smallest absolute Gasteiger partial charge is 0.243 e. The molecule has 1 amide bonds. The maximum atomic E-state index is 12.4. The van der Waals surface area contributed by atoms with Crippen molar-refractivity contribution in [1.82, 2.24) is 9.62 Å². The van der Waals surface area contributed by atoms with Gasteiger partial charge in [-0.2, -0.15) is 4.31 Å². The first-order valence-corrected chi connectivity index (χ1v) is 10.0. The van der Waals surface area contributed by atoms with Crippen LogP contribution in [-0.2, 0) is 21.2 Å². The predicted octanol–water partition coefficient (Wildman–Crippen LogP) is 1.26. The van der Waals surface area contributed by atoms with Gasteiger partial charge in [0.15, 0.2) is 0 Å². The van der Waals surface area contributed by atoms with Crippen molar-refractivity contribution in [1.29, 1.82) is 0 Å².